The maximum absolute atomic E-state index is 13.1. The van der Waals surface area contributed by atoms with E-state index in [1.54, 1.807) is 11.7 Å². The van der Waals surface area contributed by atoms with Gasteiger partial charge >= 0.3 is 12.0 Å². The number of amides is 4. The highest BCUT2D eigenvalue weighted by atomic mass is 16.5. The van der Waals surface area contributed by atoms with Crippen LogP contribution in [0.15, 0.2) is 6.20 Å². The van der Waals surface area contributed by atoms with E-state index in [-0.39, 0.29) is 36.1 Å². The van der Waals surface area contributed by atoms with Crippen molar-refractivity contribution in [1.82, 2.24) is 30.1 Å². The third kappa shape index (κ3) is 3.84. The van der Waals surface area contributed by atoms with Gasteiger partial charge in [-0.05, 0) is 25.7 Å². The van der Waals surface area contributed by atoms with Crippen LogP contribution in [0, 0.1) is 0 Å². The van der Waals surface area contributed by atoms with Crippen LogP contribution in [0.5, 0.6) is 0 Å². The van der Waals surface area contributed by atoms with Gasteiger partial charge in [0.1, 0.15) is 12.1 Å². The quantitative estimate of drug-likeness (QED) is 0.533. The van der Waals surface area contributed by atoms with E-state index in [1.807, 2.05) is 0 Å². The number of nitrogens with zero attached hydrogens (tertiary/aromatic N) is 5. The van der Waals surface area contributed by atoms with Gasteiger partial charge in [0.25, 0.3) is 5.91 Å². The summed E-state index contributed by atoms with van der Waals surface area (Å²) in [5.41, 5.74) is -0.689. The summed E-state index contributed by atoms with van der Waals surface area (Å²) in [7, 11) is 2.94. The van der Waals surface area contributed by atoms with Crippen molar-refractivity contribution in [3.8, 4) is 0 Å². The average Bonchev–Trinajstić information content (AvgIpc) is 3.36. The number of esters is 1. The van der Waals surface area contributed by atoms with E-state index in [2.05, 4.69) is 20.4 Å². The van der Waals surface area contributed by atoms with Gasteiger partial charge in [0.2, 0.25) is 5.91 Å². The van der Waals surface area contributed by atoms with Crippen LogP contribution in [0.3, 0.4) is 0 Å². The van der Waals surface area contributed by atoms with E-state index in [4.69, 9.17) is 0 Å². The lowest BCUT2D eigenvalue weighted by Gasteiger charge is -2.35. The predicted molar refractivity (Wildman–Crippen MR) is 111 cm³/mol. The summed E-state index contributed by atoms with van der Waals surface area (Å²) in [4.78, 5) is 53.1. The molecule has 11 nitrogen and oxygen atoms in total. The number of methoxy groups -OCH3 is 1. The molecule has 1 aromatic rings. The highest BCUT2D eigenvalue weighted by Crippen LogP contribution is 2.39. The molecule has 1 aromatic heterocycles. The normalized spacial score (nSPS) is 25.3. The summed E-state index contributed by atoms with van der Waals surface area (Å²) in [6.07, 6.45) is 9.07. The molecule has 3 fully saturated rings. The Morgan fingerprint density at radius 2 is 1.88 bits per heavy atom. The minimum absolute atomic E-state index is 0.109. The van der Waals surface area contributed by atoms with Crippen molar-refractivity contribution < 1.29 is 23.9 Å². The molecule has 1 spiro atoms. The summed E-state index contributed by atoms with van der Waals surface area (Å²) in [5.74, 6) is -1.21. The molecule has 4 rings (SSSR count). The standard InChI is InChI=1S/C21H30N6O5/c1-25-20(31)26(19(30)21(25)10-6-3-7-11-21)13-17(28)22-14-8-4-5-9-16(14)27-12-15(23-24-27)18(29)32-2/h12,14,16H,3-11,13H2,1-2H3,(H,22,28)/t14-,16+/m1/s1. The Morgan fingerprint density at radius 1 is 1.16 bits per heavy atom. The van der Waals surface area contributed by atoms with Gasteiger partial charge in [-0.3, -0.25) is 14.5 Å². The number of carbonyl (C=O) groups excluding carboxylic acids is 4. The Morgan fingerprint density at radius 3 is 2.59 bits per heavy atom. The molecule has 2 atom stereocenters. The molecule has 32 heavy (non-hydrogen) atoms. The Labute approximate surface area is 186 Å². The fraction of sp³-hybridized carbons (Fsp3) is 0.714. The lowest BCUT2D eigenvalue weighted by molar-refractivity contribution is -0.137. The summed E-state index contributed by atoms with van der Waals surface area (Å²) in [6, 6.07) is -0.820. The molecule has 0 aromatic carbocycles. The van der Waals surface area contributed by atoms with Crippen LogP contribution < -0.4 is 5.32 Å². The highest BCUT2D eigenvalue weighted by Gasteiger charge is 2.55. The predicted octanol–water partition coefficient (Wildman–Crippen LogP) is 1.26. The molecule has 174 valence electrons. The molecule has 4 amide bonds. The Bertz CT molecular complexity index is 908. The molecule has 2 saturated carbocycles. The fourth-order valence-corrected chi connectivity index (χ4v) is 5.30. The third-order valence-corrected chi connectivity index (χ3v) is 7.11. The number of likely N-dealkylation sites (N-methyl/N-ethyl adjacent to an activating group) is 1. The number of hydrogen-bond acceptors (Lipinski definition) is 7. The number of carbonyl (C=O) groups is 4. The topological polar surface area (TPSA) is 127 Å². The van der Waals surface area contributed by atoms with Crippen molar-refractivity contribution in [2.75, 3.05) is 20.7 Å². The minimum atomic E-state index is -0.798. The zero-order valence-corrected chi connectivity index (χ0v) is 18.6. The van der Waals surface area contributed by atoms with Crippen LogP contribution in [0.2, 0.25) is 0 Å². The van der Waals surface area contributed by atoms with Crippen LogP contribution in [-0.4, -0.2) is 80.9 Å². The Hall–Kier alpha value is -2.98. The van der Waals surface area contributed by atoms with Gasteiger partial charge in [-0.1, -0.05) is 37.3 Å². The van der Waals surface area contributed by atoms with Crippen molar-refractivity contribution in [2.45, 2.75) is 75.4 Å². The number of aromatic nitrogens is 3. The molecule has 0 unspecified atom stereocenters. The van der Waals surface area contributed by atoms with Crippen LogP contribution in [0.25, 0.3) is 0 Å². The zero-order chi connectivity index (χ0) is 22.9. The smallest absolute Gasteiger partial charge is 0.360 e. The van der Waals surface area contributed by atoms with Crippen molar-refractivity contribution in [3.63, 3.8) is 0 Å². The van der Waals surface area contributed by atoms with Crippen LogP contribution in [0.4, 0.5) is 4.79 Å². The summed E-state index contributed by atoms with van der Waals surface area (Å²) in [5, 5.41) is 10.9. The molecule has 1 saturated heterocycles. The van der Waals surface area contributed by atoms with E-state index in [1.165, 1.54) is 18.2 Å². The van der Waals surface area contributed by atoms with Gasteiger partial charge in [0, 0.05) is 7.05 Å². The lowest BCUT2D eigenvalue weighted by Crippen LogP contribution is -2.50. The van der Waals surface area contributed by atoms with Gasteiger partial charge in [-0.25, -0.2) is 14.3 Å². The fourth-order valence-electron chi connectivity index (χ4n) is 5.30. The Kier molecular flexibility index (Phi) is 6.16. The number of imide groups is 1. The first-order chi connectivity index (χ1) is 15.4. The van der Waals surface area contributed by atoms with Gasteiger partial charge < -0.3 is 15.0 Å². The summed E-state index contributed by atoms with van der Waals surface area (Å²) in [6.45, 7) is -0.294. The molecule has 2 aliphatic carbocycles. The van der Waals surface area contributed by atoms with Crippen LogP contribution in [-0.2, 0) is 14.3 Å². The van der Waals surface area contributed by atoms with Gasteiger partial charge in [-0.2, -0.15) is 0 Å². The number of hydrogen-bond donors (Lipinski definition) is 1. The van der Waals surface area contributed by atoms with Crippen molar-refractivity contribution in [1.29, 1.82) is 0 Å². The van der Waals surface area contributed by atoms with Gasteiger partial charge in [0.15, 0.2) is 5.69 Å². The maximum Gasteiger partial charge on any atom is 0.360 e. The first-order valence-electron chi connectivity index (χ1n) is 11.3. The maximum atomic E-state index is 13.1. The molecule has 2 heterocycles. The first-order valence-corrected chi connectivity index (χ1v) is 11.3. The van der Waals surface area contributed by atoms with E-state index in [0.717, 1.165) is 49.8 Å². The number of rotatable bonds is 5. The number of nitrogens with one attached hydrogen (secondary N) is 1. The van der Waals surface area contributed by atoms with E-state index >= 15 is 0 Å². The molecule has 0 bridgehead atoms. The largest absolute Gasteiger partial charge is 0.464 e. The van der Waals surface area contributed by atoms with Crippen molar-refractivity contribution in [3.05, 3.63) is 11.9 Å². The molecule has 0 radical (unpaired) electrons. The van der Waals surface area contributed by atoms with E-state index < -0.39 is 17.5 Å². The van der Waals surface area contributed by atoms with Crippen molar-refractivity contribution in [2.24, 2.45) is 0 Å². The first kappa shape index (κ1) is 22.2. The SMILES string of the molecule is COC(=O)c1cn([C@H]2CCCC[C@H]2NC(=O)CN2C(=O)N(C)C3(CCCCC3)C2=O)nn1. The monoisotopic (exact) mass is 446 g/mol. The summed E-state index contributed by atoms with van der Waals surface area (Å²) >= 11 is 0. The molecule has 11 heteroatoms. The third-order valence-electron chi connectivity index (χ3n) is 7.11. The highest BCUT2D eigenvalue weighted by molar-refractivity contribution is 6.09. The Balaban J connectivity index is 1.43. The second-order valence-corrected chi connectivity index (χ2v) is 8.93. The van der Waals surface area contributed by atoms with Gasteiger partial charge in [-0.15, -0.1) is 5.10 Å². The molecule has 3 aliphatic rings. The second-order valence-electron chi connectivity index (χ2n) is 8.93. The molecular weight excluding hydrogens is 416 g/mol. The zero-order valence-electron chi connectivity index (χ0n) is 18.6. The molecule has 1 aliphatic heterocycles. The number of urea groups is 1. The number of ether oxygens (including phenoxy) is 1. The van der Waals surface area contributed by atoms with Crippen LogP contribution in [0.1, 0.15) is 74.3 Å². The second kappa shape index (κ2) is 8.87. The van der Waals surface area contributed by atoms with Crippen LogP contribution >= 0.6 is 0 Å². The lowest BCUT2D eigenvalue weighted by atomic mass is 9.81. The van der Waals surface area contributed by atoms with E-state index in [9.17, 15) is 19.2 Å². The van der Waals surface area contributed by atoms with E-state index in [0.29, 0.717) is 12.8 Å². The minimum Gasteiger partial charge on any atom is -0.464 e. The van der Waals surface area contributed by atoms with Crippen molar-refractivity contribution >= 4 is 23.8 Å². The summed E-state index contributed by atoms with van der Waals surface area (Å²) < 4.78 is 6.27. The molecule has 1 N–H and O–H groups in total. The average molecular weight is 447 g/mol. The molecular formula is C21H30N6O5. The van der Waals surface area contributed by atoms with Gasteiger partial charge in [0.05, 0.1) is 25.4 Å².